The third-order valence-electron chi connectivity index (χ3n) is 4.50. The molecule has 0 aliphatic rings. The predicted octanol–water partition coefficient (Wildman–Crippen LogP) is 3.08. The first-order valence-corrected chi connectivity index (χ1v) is 10.1. The van der Waals surface area contributed by atoms with Crippen LogP contribution in [0.5, 0.6) is 0 Å². The molecule has 0 bridgehead atoms. The molecule has 0 aliphatic carbocycles. The highest BCUT2D eigenvalue weighted by atomic mass is 16.2. The molecule has 2 aromatic rings. The Balaban J connectivity index is 2.03. The lowest BCUT2D eigenvalue weighted by molar-refractivity contribution is -0.122. The number of guanidine groups is 1. The number of hydrogen-bond acceptors (Lipinski definition) is 2. The number of carbonyl (C=O) groups excluding carboxylic acids is 1. The van der Waals surface area contributed by atoms with Gasteiger partial charge in [-0.05, 0) is 51.7 Å². The molecule has 0 radical (unpaired) electrons. The van der Waals surface area contributed by atoms with Crippen molar-refractivity contribution in [3.05, 3.63) is 35.5 Å². The summed E-state index contributed by atoms with van der Waals surface area (Å²) in [4.78, 5) is 22.2. The number of aliphatic imine (C=N–C) groups is 1. The minimum Gasteiger partial charge on any atom is -0.361 e. The number of aryl methyl sites for hydroxylation is 1. The number of H-pyrrole nitrogens is 1. The van der Waals surface area contributed by atoms with Gasteiger partial charge in [-0.25, -0.2) is 0 Å². The summed E-state index contributed by atoms with van der Waals surface area (Å²) in [5.41, 5.74) is 3.61. The van der Waals surface area contributed by atoms with E-state index < -0.39 is 0 Å². The van der Waals surface area contributed by atoms with Crippen LogP contribution < -0.4 is 10.6 Å². The molecule has 2 rings (SSSR count). The van der Waals surface area contributed by atoms with Gasteiger partial charge in [0.25, 0.3) is 0 Å². The third kappa shape index (κ3) is 6.01. The SMILES string of the molecule is CCNC(=NCCc1c[nH]c2c(CC)cccc12)N(C)CC(=O)NC(C)(C)C. The largest absolute Gasteiger partial charge is 0.361 e. The summed E-state index contributed by atoms with van der Waals surface area (Å²) in [6.45, 7) is 11.8. The minimum absolute atomic E-state index is 0.00988. The second kappa shape index (κ2) is 9.62. The van der Waals surface area contributed by atoms with Crippen LogP contribution in [0.4, 0.5) is 0 Å². The van der Waals surface area contributed by atoms with Gasteiger partial charge in [-0.15, -0.1) is 0 Å². The van der Waals surface area contributed by atoms with Gasteiger partial charge in [0.05, 0.1) is 6.54 Å². The number of carbonyl (C=O) groups is 1. The van der Waals surface area contributed by atoms with E-state index in [0.29, 0.717) is 6.54 Å². The fraction of sp³-hybridized carbons (Fsp3) is 0.545. The maximum atomic E-state index is 12.2. The molecule has 1 heterocycles. The molecule has 1 aromatic carbocycles. The van der Waals surface area contributed by atoms with Gasteiger partial charge in [0.2, 0.25) is 5.91 Å². The maximum absolute atomic E-state index is 12.2. The van der Waals surface area contributed by atoms with E-state index in [1.807, 2.05) is 39.6 Å². The number of hydrogen-bond donors (Lipinski definition) is 3. The van der Waals surface area contributed by atoms with E-state index in [2.05, 4.69) is 46.9 Å². The highest BCUT2D eigenvalue weighted by molar-refractivity contribution is 5.87. The summed E-state index contributed by atoms with van der Waals surface area (Å²) in [7, 11) is 1.89. The van der Waals surface area contributed by atoms with Crippen molar-refractivity contribution in [2.75, 3.05) is 26.7 Å². The summed E-state index contributed by atoms with van der Waals surface area (Å²) >= 11 is 0. The number of amides is 1. The van der Waals surface area contributed by atoms with Gasteiger partial charge >= 0.3 is 0 Å². The quantitative estimate of drug-likeness (QED) is 0.507. The number of para-hydroxylation sites is 1. The molecule has 0 spiro atoms. The molecule has 6 heteroatoms. The predicted molar refractivity (Wildman–Crippen MR) is 118 cm³/mol. The highest BCUT2D eigenvalue weighted by Crippen LogP contribution is 2.22. The molecule has 3 N–H and O–H groups in total. The zero-order valence-corrected chi connectivity index (χ0v) is 18.1. The second-order valence-corrected chi connectivity index (χ2v) is 8.15. The van der Waals surface area contributed by atoms with Crippen molar-refractivity contribution < 1.29 is 4.79 Å². The van der Waals surface area contributed by atoms with Crippen molar-refractivity contribution in [2.45, 2.75) is 53.0 Å². The molecular formula is C22H35N5O. The molecule has 154 valence electrons. The van der Waals surface area contributed by atoms with Gasteiger partial charge < -0.3 is 20.5 Å². The monoisotopic (exact) mass is 385 g/mol. The number of nitrogens with one attached hydrogen (secondary N) is 3. The van der Waals surface area contributed by atoms with E-state index in [-0.39, 0.29) is 18.0 Å². The number of aromatic nitrogens is 1. The molecule has 0 atom stereocenters. The molecule has 6 nitrogen and oxygen atoms in total. The van der Waals surface area contributed by atoms with E-state index in [4.69, 9.17) is 4.99 Å². The fourth-order valence-corrected chi connectivity index (χ4v) is 3.28. The van der Waals surface area contributed by atoms with Gasteiger partial charge in [0, 0.05) is 42.8 Å². The zero-order chi connectivity index (χ0) is 20.7. The third-order valence-corrected chi connectivity index (χ3v) is 4.50. The molecule has 28 heavy (non-hydrogen) atoms. The number of likely N-dealkylation sites (N-methyl/N-ethyl adjacent to an activating group) is 1. The zero-order valence-electron chi connectivity index (χ0n) is 18.1. The maximum Gasteiger partial charge on any atom is 0.240 e. The van der Waals surface area contributed by atoms with E-state index in [0.717, 1.165) is 25.3 Å². The van der Waals surface area contributed by atoms with E-state index in [1.54, 1.807) is 0 Å². The van der Waals surface area contributed by atoms with Crippen LogP contribution in [-0.2, 0) is 17.6 Å². The van der Waals surface area contributed by atoms with Crippen LogP contribution in [0.15, 0.2) is 29.4 Å². The van der Waals surface area contributed by atoms with Crippen molar-refractivity contribution in [2.24, 2.45) is 4.99 Å². The van der Waals surface area contributed by atoms with Crippen molar-refractivity contribution in [1.29, 1.82) is 0 Å². The lowest BCUT2D eigenvalue weighted by Gasteiger charge is -2.25. The van der Waals surface area contributed by atoms with Crippen molar-refractivity contribution in [3.63, 3.8) is 0 Å². The van der Waals surface area contributed by atoms with Gasteiger partial charge in [-0.3, -0.25) is 9.79 Å². The standard InChI is InChI=1S/C22H35N5O/c1-7-16-10-9-11-18-17(14-25-20(16)18)12-13-24-21(23-8-2)27(6)15-19(28)26-22(3,4)5/h9-11,14,25H,7-8,12-13,15H2,1-6H3,(H,23,24)(H,26,28). The Morgan fingerprint density at radius 3 is 2.61 bits per heavy atom. The van der Waals surface area contributed by atoms with Crippen LogP contribution in [0, 0.1) is 0 Å². The molecule has 0 fully saturated rings. The van der Waals surface area contributed by atoms with Gasteiger partial charge in [-0.1, -0.05) is 25.1 Å². The van der Waals surface area contributed by atoms with Crippen molar-refractivity contribution in [1.82, 2.24) is 20.5 Å². The van der Waals surface area contributed by atoms with Gasteiger partial charge in [0.1, 0.15) is 0 Å². The van der Waals surface area contributed by atoms with Gasteiger partial charge in [0.15, 0.2) is 5.96 Å². The van der Waals surface area contributed by atoms with Crippen LogP contribution in [0.2, 0.25) is 0 Å². The van der Waals surface area contributed by atoms with E-state index in [9.17, 15) is 4.79 Å². The first-order chi connectivity index (χ1) is 13.2. The Morgan fingerprint density at radius 1 is 1.21 bits per heavy atom. The topological polar surface area (TPSA) is 72.5 Å². The van der Waals surface area contributed by atoms with E-state index in [1.165, 1.54) is 22.0 Å². The Bertz CT molecular complexity index is 816. The van der Waals surface area contributed by atoms with Crippen molar-refractivity contribution in [3.8, 4) is 0 Å². The molecule has 0 saturated heterocycles. The summed E-state index contributed by atoms with van der Waals surface area (Å²) in [6.07, 6.45) is 3.96. The van der Waals surface area contributed by atoms with Crippen LogP contribution in [-0.4, -0.2) is 54.0 Å². The first-order valence-electron chi connectivity index (χ1n) is 10.1. The van der Waals surface area contributed by atoms with Crippen molar-refractivity contribution >= 4 is 22.8 Å². The average Bonchev–Trinajstić information content (AvgIpc) is 3.02. The number of rotatable bonds is 7. The average molecular weight is 386 g/mol. The Labute approximate surface area is 168 Å². The Kier molecular flexibility index (Phi) is 7.49. The first kappa shape index (κ1) is 21.8. The summed E-state index contributed by atoms with van der Waals surface area (Å²) in [5.74, 6) is 0.741. The van der Waals surface area contributed by atoms with Crippen LogP contribution in [0.25, 0.3) is 10.9 Å². The lowest BCUT2D eigenvalue weighted by atomic mass is 10.1. The molecule has 0 aliphatic heterocycles. The Morgan fingerprint density at radius 2 is 1.96 bits per heavy atom. The minimum atomic E-state index is -0.236. The number of fused-ring (bicyclic) bond motifs is 1. The van der Waals surface area contributed by atoms with Crippen LogP contribution in [0.3, 0.4) is 0 Å². The highest BCUT2D eigenvalue weighted by Gasteiger charge is 2.16. The molecular weight excluding hydrogens is 350 g/mol. The second-order valence-electron chi connectivity index (χ2n) is 8.15. The molecule has 0 unspecified atom stereocenters. The summed E-state index contributed by atoms with van der Waals surface area (Å²) in [5, 5.41) is 7.54. The number of aromatic amines is 1. The number of benzene rings is 1. The molecule has 1 amide bonds. The number of nitrogens with zero attached hydrogens (tertiary/aromatic N) is 2. The molecule has 1 aromatic heterocycles. The normalized spacial score (nSPS) is 12.3. The summed E-state index contributed by atoms with van der Waals surface area (Å²) < 4.78 is 0. The fourth-order valence-electron chi connectivity index (χ4n) is 3.28. The summed E-state index contributed by atoms with van der Waals surface area (Å²) in [6, 6.07) is 6.45. The van der Waals surface area contributed by atoms with Crippen LogP contribution in [0.1, 0.15) is 45.7 Å². The Hall–Kier alpha value is -2.50. The van der Waals surface area contributed by atoms with Crippen LogP contribution >= 0.6 is 0 Å². The molecule has 0 saturated carbocycles. The van der Waals surface area contributed by atoms with E-state index >= 15 is 0 Å². The smallest absolute Gasteiger partial charge is 0.240 e. The lowest BCUT2D eigenvalue weighted by Crippen LogP contribution is -2.48. The van der Waals surface area contributed by atoms with Gasteiger partial charge in [-0.2, -0.15) is 0 Å².